The molecule has 0 bridgehead atoms. The second kappa shape index (κ2) is 2.51. The van der Waals surface area contributed by atoms with Crippen LogP contribution in [0.25, 0.3) is 0 Å². The van der Waals surface area contributed by atoms with Crippen molar-refractivity contribution >= 4 is 5.78 Å². The van der Waals surface area contributed by atoms with E-state index in [1.807, 2.05) is 32.6 Å². The lowest BCUT2D eigenvalue weighted by Crippen LogP contribution is -2.46. The van der Waals surface area contributed by atoms with E-state index in [1.165, 1.54) is 0 Å². The van der Waals surface area contributed by atoms with Crippen LogP contribution in [0, 0.1) is 0 Å². The van der Waals surface area contributed by atoms with Gasteiger partial charge in [0.25, 0.3) is 0 Å². The van der Waals surface area contributed by atoms with Crippen molar-refractivity contribution in [3.63, 3.8) is 0 Å². The SMILES string of the molecule is CC(C)N1C=C(N)C(=O)C1(C)C. The maximum atomic E-state index is 11.5. The van der Waals surface area contributed by atoms with Gasteiger partial charge in [-0.2, -0.15) is 0 Å². The van der Waals surface area contributed by atoms with E-state index >= 15 is 0 Å². The zero-order valence-corrected chi connectivity index (χ0v) is 8.09. The Balaban J connectivity index is 2.99. The van der Waals surface area contributed by atoms with Crippen LogP contribution < -0.4 is 5.73 Å². The Kier molecular flexibility index (Phi) is 1.90. The predicted octanol–water partition coefficient (Wildman–Crippen LogP) is 0.858. The fraction of sp³-hybridized carbons (Fsp3) is 0.667. The number of rotatable bonds is 1. The highest BCUT2D eigenvalue weighted by Crippen LogP contribution is 2.27. The van der Waals surface area contributed by atoms with E-state index in [0.717, 1.165) is 0 Å². The molecule has 0 aromatic rings. The summed E-state index contributed by atoms with van der Waals surface area (Å²) in [5.41, 5.74) is 5.46. The van der Waals surface area contributed by atoms with E-state index in [4.69, 9.17) is 5.73 Å². The van der Waals surface area contributed by atoms with Crippen LogP contribution in [0.5, 0.6) is 0 Å². The van der Waals surface area contributed by atoms with Crippen LogP contribution in [-0.2, 0) is 4.79 Å². The Morgan fingerprint density at radius 3 is 2.17 bits per heavy atom. The van der Waals surface area contributed by atoms with Gasteiger partial charge in [0, 0.05) is 12.2 Å². The van der Waals surface area contributed by atoms with Gasteiger partial charge >= 0.3 is 0 Å². The van der Waals surface area contributed by atoms with Gasteiger partial charge in [-0.3, -0.25) is 4.79 Å². The second-order valence-corrected chi connectivity index (χ2v) is 3.97. The number of nitrogens with two attached hydrogens (primary N) is 1. The molecule has 0 unspecified atom stereocenters. The van der Waals surface area contributed by atoms with Crippen molar-refractivity contribution in [2.75, 3.05) is 0 Å². The van der Waals surface area contributed by atoms with E-state index in [0.29, 0.717) is 11.7 Å². The number of ketones is 1. The molecule has 3 nitrogen and oxygen atoms in total. The van der Waals surface area contributed by atoms with E-state index in [2.05, 4.69) is 0 Å². The van der Waals surface area contributed by atoms with Crippen LogP contribution >= 0.6 is 0 Å². The fourth-order valence-electron chi connectivity index (χ4n) is 1.63. The third-order valence-electron chi connectivity index (χ3n) is 2.30. The van der Waals surface area contributed by atoms with Gasteiger partial charge in [0.15, 0.2) is 0 Å². The number of carbonyl (C=O) groups excluding carboxylic acids is 1. The van der Waals surface area contributed by atoms with Crippen molar-refractivity contribution in [1.82, 2.24) is 4.90 Å². The van der Waals surface area contributed by atoms with Crippen molar-refractivity contribution < 1.29 is 4.79 Å². The first-order valence-electron chi connectivity index (χ1n) is 4.18. The van der Waals surface area contributed by atoms with Crippen LogP contribution in [0.15, 0.2) is 11.9 Å². The second-order valence-electron chi connectivity index (χ2n) is 3.97. The molecule has 0 aliphatic carbocycles. The highest BCUT2D eigenvalue weighted by atomic mass is 16.1. The standard InChI is InChI=1S/C9H16N2O/c1-6(2)11-5-7(10)8(12)9(11,3)4/h5-6H,10H2,1-4H3. The number of Topliss-reactive ketones (excluding diaryl/α,β-unsaturated/α-hetero) is 1. The first-order chi connectivity index (χ1) is 5.37. The molecule has 1 rings (SSSR count). The molecule has 0 fully saturated rings. The summed E-state index contributed by atoms with van der Waals surface area (Å²) < 4.78 is 0. The third kappa shape index (κ3) is 1.09. The van der Waals surface area contributed by atoms with Gasteiger partial charge in [-0.25, -0.2) is 0 Å². The number of nitrogens with zero attached hydrogens (tertiary/aromatic N) is 1. The quantitative estimate of drug-likeness (QED) is 0.631. The topological polar surface area (TPSA) is 46.3 Å². The van der Waals surface area contributed by atoms with Crippen LogP contribution in [0.2, 0.25) is 0 Å². The minimum absolute atomic E-state index is 0.0243. The van der Waals surface area contributed by atoms with Crippen molar-refractivity contribution in [3.8, 4) is 0 Å². The van der Waals surface area contributed by atoms with E-state index in [9.17, 15) is 4.79 Å². The molecule has 0 radical (unpaired) electrons. The van der Waals surface area contributed by atoms with Gasteiger partial charge in [0.2, 0.25) is 5.78 Å². The Labute approximate surface area is 73.2 Å². The average Bonchev–Trinajstić information content (AvgIpc) is 2.13. The molecule has 1 aliphatic heterocycles. The lowest BCUT2D eigenvalue weighted by Gasteiger charge is -2.34. The molecule has 68 valence electrons. The minimum atomic E-state index is -0.460. The fourth-order valence-corrected chi connectivity index (χ4v) is 1.63. The molecule has 0 saturated carbocycles. The normalized spacial score (nSPS) is 21.9. The lowest BCUT2D eigenvalue weighted by molar-refractivity contribution is -0.122. The molecule has 0 atom stereocenters. The summed E-state index contributed by atoms with van der Waals surface area (Å²) in [5, 5.41) is 0. The van der Waals surface area contributed by atoms with Crippen molar-refractivity contribution in [1.29, 1.82) is 0 Å². The molecular weight excluding hydrogens is 152 g/mol. The van der Waals surface area contributed by atoms with Crippen LogP contribution in [0.4, 0.5) is 0 Å². The molecule has 1 heterocycles. The molecule has 12 heavy (non-hydrogen) atoms. The molecule has 1 aliphatic rings. The van der Waals surface area contributed by atoms with Gasteiger partial charge in [-0.15, -0.1) is 0 Å². The smallest absolute Gasteiger partial charge is 0.204 e. The van der Waals surface area contributed by atoms with E-state index in [-0.39, 0.29) is 5.78 Å². The summed E-state index contributed by atoms with van der Waals surface area (Å²) in [5.74, 6) is 0.0243. The van der Waals surface area contributed by atoms with E-state index in [1.54, 1.807) is 6.20 Å². The van der Waals surface area contributed by atoms with Gasteiger partial charge in [0.1, 0.15) is 0 Å². The van der Waals surface area contributed by atoms with Crippen LogP contribution in [-0.4, -0.2) is 22.3 Å². The minimum Gasteiger partial charge on any atom is -0.395 e. The van der Waals surface area contributed by atoms with Gasteiger partial charge in [-0.1, -0.05) is 0 Å². The van der Waals surface area contributed by atoms with Gasteiger partial charge in [0.05, 0.1) is 11.2 Å². The molecule has 0 amide bonds. The molecule has 2 N–H and O–H groups in total. The average molecular weight is 168 g/mol. The summed E-state index contributed by atoms with van der Waals surface area (Å²) in [7, 11) is 0. The third-order valence-corrected chi connectivity index (χ3v) is 2.30. The monoisotopic (exact) mass is 168 g/mol. The number of carbonyl (C=O) groups is 1. The maximum Gasteiger partial charge on any atom is 0.204 e. The number of hydrogen-bond acceptors (Lipinski definition) is 3. The summed E-state index contributed by atoms with van der Waals surface area (Å²) in [4.78, 5) is 13.5. The maximum absolute atomic E-state index is 11.5. The van der Waals surface area contributed by atoms with Crippen molar-refractivity contribution in [3.05, 3.63) is 11.9 Å². The van der Waals surface area contributed by atoms with Gasteiger partial charge in [-0.05, 0) is 27.7 Å². The Bertz CT molecular complexity index is 241. The molecule has 0 spiro atoms. The summed E-state index contributed by atoms with van der Waals surface area (Å²) >= 11 is 0. The van der Waals surface area contributed by atoms with Gasteiger partial charge < -0.3 is 10.6 Å². The number of hydrogen-bond donors (Lipinski definition) is 1. The summed E-state index contributed by atoms with van der Waals surface area (Å²) in [6.07, 6.45) is 1.74. The van der Waals surface area contributed by atoms with Crippen molar-refractivity contribution in [2.45, 2.75) is 39.3 Å². The highest BCUT2D eigenvalue weighted by molar-refractivity contribution is 6.03. The van der Waals surface area contributed by atoms with Crippen molar-refractivity contribution in [2.24, 2.45) is 5.73 Å². The summed E-state index contributed by atoms with van der Waals surface area (Å²) in [6, 6.07) is 0.310. The van der Waals surface area contributed by atoms with Crippen LogP contribution in [0.1, 0.15) is 27.7 Å². The molecule has 0 saturated heterocycles. The van der Waals surface area contributed by atoms with E-state index < -0.39 is 5.54 Å². The highest BCUT2D eigenvalue weighted by Gasteiger charge is 2.40. The predicted molar refractivity (Wildman–Crippen MR) is 48.3 cm³/mol. The Hall–Kier alpha value is -0.990. The Morgan fingerprint density at radius 1 is 1.50 bits per heavy atom. The largest absolute Gasteiger partial charge is 0.395 e. The molecule has 3 heteroatoms. The Morgan fingerprint density at radius 2 is 2.00 bits per heavy atom. The molecule has 0 aromatic carbocycles. The first kappa shape index (κ1) is 9.10. The first-order valence-corrected chi connectivity index (χ1v) is 4.18. The zero-order valence-electron chi connectivity index (χ0n) is 8.09. The summed E-state index contributed by atoms with van der Waals surface area (Å²) in [6.45, 7) is 7.88. The molecule has 0 aromatic heterocycles. The van der Waals surface area contributed by atoms with Crippen LogP contribution in [0.3, 0.4) is 0 Å². The zero-order chi connectivity index (χ0) is 9.52. The lowest BCUT2D eigenvalue weighted by atomic mass is 9.98. The molecular formula is C9H16N2O.